The minimum Gasteiger partial charge on any atom is -0.482 e. The van der Waals surface area contributed by atoms with Crippen LogP contribution in [0.25, 0.3) is 0 Å². The Morgan fingerprint density at radius 2 is 2.06 bits per heavy atom. The van der Waals surface area contributed by atoms with Gasteiger partial charge in [-0.2, -0.15) is 0 Å². The summed E-state index contributed by atoms with van der Waals surface area (Å²) in [5.74, 6) is 1.21. The Morgan fingerprint density at radius 1 is 1.23 bits per heavy atom. The fourth-order valence-electron chi connectivity index (χ4n) is 6.04. The molecule has 160 valence electrons. The molecule has 2 aliphatic carbocycles. The summed E-state index contributed by atoms with van der Waals surface area (Å²) in [7, 11) is 2.17. The number of rotatable bonds is 3. The van der Waals surface area contributed by atoms with Crippen LogP contribution in [-0.4, -0.2) is 47.9 Å². The van der Waals surface area contributed by atoms with Gasteiger partial charge in [-0.1, -0.05) is 36.4 Å². The Balaban J connectivity index is 1.32. The van der Waals surface area contributed by atoms with Crippen molar-refractivity contribution in [2.45, 2.75) is 36.5 Å². The molecule has 7 nitrogen and oxygen atoms in total. The number of nitrogens with one attached hydrogen (secondary N) is 1. The molecule has 2 aromatic carbocycles. The lowest BCUT2D eigenvalue weighted by molar-refractivity contribution is -0.138. The van der Waals surface area contributed by atoms with Crippen LogP contribution in [0.15, 0.2) is 54.6 Å². The highest BCUT2D eigenvalue weighted by Gasteiger charge is 2.64. The van der Waals surface area contributed by atoms with Crippen LogP contribution in [0.5, 0.6) is 11.5 Å². The van der Waals surface area contributed by atoms with Crippen molar-refractivity contribution in [1.29, 1.82) is 0 Å². The van der Waals surface area contributed by atoms with Crippen molar-refractivity contribution in [3.8, 4) is 11.5 Å². The molecule has 2 aromatic rings. The third kappa shape index (κ3) is 2.63. The maximum atomic E-state index is 12.2. The van der Waals surface area contributed by atoms with Crippen LogP contribution in [0, 0.1) is 5.92 Å². The molecule has 6 rings (SSSR count). The monoisotopic (exact) mass is 420 g/mol. The molecule has 31 heavy (non-hydrogen) atoms. The first-order valence-electron chi connectivity index (χ1n) is 10.7. The number of likely N-dealkylation sites (N-methyl/N-ethyl adjacent to an activating group) is 1. The average Bonchev–Trinajstić information content (AvgIpc) is 3.13. The summed E-state index contributed by atoms with van der Waals surface area (Å²) in [4.78, 5) is 25.1. The van der Waals surface area contributed by atoms with Crippen molar-refractivity contribution >= 4 is 11.8 Å². The van der Waals surface area contributed by atoms with E-state index in [9.17, 15) is 9.90 Å². The van der Waals surface area contributed by atoms with Gasteiger partial charge in [-0.05, 0) is 50.2 Å². The highest BCUT2D eigenvalue weighted by molar-refractivity contribution is 5.84. The molecule has 1 fully saturated rings. The normalized spacial score (nSPS) is 32.1. The summed E-state index contributed by atoms with van der Waals surface area (Å²) in [6, 6.07) is 13.2. The van der Waals surface area contributed by atoms with E-state index in [1.165, 1.54) is 5.56 Å². The smallest absolute Gasteiger partial charge is 0.454 e. The van der Waals surface area contributed by atoms with E-state index in [0.29, 0.717) is 23.2 Å². The second-order valence-corrected chi connectivity index (χ2v) is 8.85. The topological polar surface area (TPSA) is 80.3 Å². The molecule has 7 heteroatoms. The first-order chi connectivity index (χ1) is 15.1. The molecule has 1 spiro atoms. The van der Waals surface area contributed by atoms with Gasteiger partial charge in [-0.3, -0.25) is 10.2 Å². The molecule has 2 heterocycles. The summed E-state index contributed by atoms with van der Waals surface area (Å²) in [5.41, 5.74) is 2.66. The molecule has 1 amide bonds. The minimum atomic E-state index is -0.719. The third-order valence-electron chi connectivity index (χ3n) is 7.36. The summed E-state index contributed by atoms with van der Waals surface area (Å²) >= 11 is 0. The quantitative estimate of drug-likeness (QED) is 0.451. The maximum absolute atomic E-state index is 12.2. The largest absolute Gasteiger partial charge is 0.482 e. The number of hydrogen-bond donors (Lipinski definition) is 2. The van der Waals surface area contributed by atoms with E-state index in [0.717, 1.165) is 24.9 Å². The zero-order chi connectivity index (χ0) is 21.2. The molecular formula is C24H24N2O5. The molecule has 4 aliphatic rings. The standard InChI is InChI=1S/C24H24N2O5/c1-26-12-11-24-16-8-9-18(27)22(24)29-21-19(10-7-14(20(21)24)13-17(16)26)30-31-23(28)25-15-5-3-2-4-6-15/h2-10,16-18,22,27H,11-13H2,1H3,(H,25,28)/t16-,17+,18-,22-,24-/m0/s1. The minimum absolute atomic E-state index is 0.269. The summed E-state index contributed by atoms with van der Waals surface area (Å²) in [6.45, 7) is 0.946. The van der Waals surface area contributed by atoms with E-state index in [2.05, 4.69) is 23.3 Å². The molecule has 2 N–H and O–H groups in total. The number of amides is 1. The number of benzene rings is 2. The number of nitrogens with zero attached hydrogens (tertiary/aromatic N) is 1. The number of hydrogen-bond acceptors (Lipinski definition) is 6. The third-order valence-corrected chi connectivity index (χ3v) is 7.36. The van der Waals surface area contributed by atoms with Crippen LogP contribution in [0.1, 0.15) is 17.5 Å². The highest BCUT2D eigenvalue weighted by atomic mass is 17.2. The van der Waals surface area contributed by atoms with Crippen LogP contribution in [0.4, 0.5) is 10.5 Å². The highest BCUT2D eigenvalue weighted by Crippen LogP contribution is 2.62. The average molecular weight is 420 g/mol. The summed E-state index contributed by atoms with van der Waals surface area (Å²) in [6.07, 6.45) is 4.07. The number of piperidine rings is 1. The molecule has 0 unspecified atom stereocenters. The van der Waals surface area contributed by atoms with Crippen molar-refractivity contribution in [3.63, 3.8) is 0 Å². The Morgan fingerprint density at radius 3 is 2.90 bits per heavy atom. The second kappa shape index (κ2) is 6.73. The summed E-state index contributed by atoms with van der Waals surface area (Å²) in [5, 5.41) is 13.4. The van der Waals surface area contributed by atoms with Gasteiger partial charge in [0.15, 0.2) is 5.75 Å². The fourth-order valence-corrected chi connectivity index (χ4v) is 6.04. The fraction of sp³-hybridized carbons (Fsp3) is 0.375. The first-order valence-corrected chi connectivity index (χ1v) is 10.7. The molecule has 2 aliphatic heterocycles. The van der Waals surface area contributed by atoms with Crippen LogP contribution >= 0.6 is 0 Å². The molecule has 0 saturated carbocycles. The van der Waals surface area contributed by atoms with Gasteiger partial charge in [0.2, 0.25) is 5.75 Å². The van der Waals surface area contributed by atoms with Gasteiger partial charge < -0.3 is 14.7 Å². The van der Waals surface area contributed by atoms with Gasteiger partial charge in [0.25, 0.3) is 0 Å². The molecule has 0 aromatic heterocycles. The van der Waals surface area contributed by atoms with E-state index >= 15 is 0 Å². The molecule has 0 radical (unpaired) electrons. The van der Waals surface area contributed by atoms with E-state index in [1.54, 1.807) is 18.2 Å². The van der Waals surface area contributed by atoms with E-state index in [1.807, 2.05) is 30.3 Å². The van der Waals surface area contributed by atoms with Gasteiger partial charge in [0, 0.05) is 28.6 Å². The molecule has 2 bridgehead atoms. The van der Waals surface area contributed by atoms with Gasteiger partial charge in [-0.15, -0.1) is 0 Å². The van der Waals surface area contributed by atoms with Crippen molar-refractivity contribution in [2.75, 3.05) is 18.9 Å². The second-order valence-electron chi connectivity index (χ2n) is 8.85. The maximum Gasteiger partial charge on any atom is 0.454 e. The van der Waals surface area contributed by atoms with Gasteiger partial charge >= 0.3 is 6.09 Å². The number of anilines is 1. The van der Waals surface area contributed by atoms with Gasteiger partial charge in [-0.25, -0.2) is 9.68 Å². The van der Waals surface area contributed by atoms with E-state index in [4.69, 9.17) is 14.5 Å². The lowest BCUT2D eigenvalue weighted by Gasteiger charge is -2.56. The Labute approximate surface area is 180 Å². The van der Waals surface area contributed by atoms with Crippen LogP contribution < -0.4 is 14.9 Å². The number of likely N-dealkylation sites (tertiary alicyclic amines) is 1. The molecule has 5 atom stereocenters. The predicted molar refractivity (Wildman–Crippen MR) is 113 cm³/mol. The number of para-hydroxylation sites is 1. The zero-order valence-electron chi connectivity index (χ0n) is 17.2. The number of aliphatic hydroxyl groups is 1. The van der Waals surface area contributed by atoms with Crippen molar-refractivity contribution in [1.82, 2.24) is 4.90 Å². The predicted octanol–water partition coefficient (Wildman–Crippen LogP) is 3.04. The summed E-state index contributed by atoms with van der Waals surface area (Å²) < 4.78 is 6.35. The van der Waals surface area contributed by atoms with Crippen molar-refractivity contribution in [2.24, 2.45) is 5.92 Å². The first kappa shape index (κ1) is 18.7. The number of aliphatic hydroxyl groups excluding tert-OH is 1. The van der Waals surface area contributed by atoms with Crippen molar-refractivity contribution < 1.29 is 24.4 Å². The number of carbonyl (C=O) groups is 1. The lowest BCUT2D eigenvalue weighted by atomic mass is 9.53. The van der Waals surface area contributed by atoms with Crippen molar-refractivity contribution in [3.05, 3.63) is 65.7 Å². The van der Waals surface area contributed by atoms with Gasteiger partial charge in [0.05, 0.1) is 0 Å². The number of carbonyl (C=O) groups excluding carboxylic acids is 1. The molecule has 1 saturated heterocycles. The Kier molecular flexibility index (Phi) is 4.07. The zero-order valence-corrected chi connectivity index (χ0v) is 17.2. The van der Waals surface area contributed by atoms with E-state index in [-0.39, 0.29) is 17.4 Å². The van der Waals surface area contributed by atoms with Crippen LogP contribution in [0.3, 0.4) is 0 Å². The molecular weight excluding hydrogens is 396 g/mol. The van der Waals surface area contributed by atoms with E-state index < -0.39 is 12.2 Å². The van der Waals surface area contributed by atoms with Crippen LogP contribution in [-0.2, 0) is 16.7 Å². The van der Waals surface area contributed by atoms with Gasteiger partial charge in [0.1, 0.15) is 12.2 Å². The lowest BCUT2D eigenvalue weighted by Crippen LogP contribution is -2.64. The Hall–Kier alpha value is -3.03. The SMILES string of the molecule is CN1CC[C@]23c4c5ccc(OOC(=O)Nc6ccccc6)c4O[C@H]2[C@@H](O)C=C[C@H]3[C@H]1C5. The van der Waals surface area contributed by atoms with Crippen LogP contribution in [0.2, 0.25) is 0 Å². The number of ether oxygens (including phenoxy) is 1. The Bertz CT molecular complexity index is 1070.